The van der Waals surface area contributed by atoms with Crippen molar-refractivity contribution >= 4 is 16.9 Å². The maximum atomic E-state index is 10.8. The van der Waals surface area contributed by atoms with Gasteiger partial charge in [0.25, 0.3) is 0 Å². The van der Waals surface area contributed by atoms with E-state index in [1.165, 1.54) is 6.92 Å². The summed E-state index contributed by atoms with van der Waals surface area (Å²) in [7, 11) is 0. The zero-order valence-electron chi connectivity index (χ0n) is 8.00. The summed E-state index contributed by atoms with van der Waals surface area (Å²) in [4.78, 5) is 10.8. The molecule has 1 aromatic carbocycles. The number of nitrogens with one attached hydrogen (secondary N) is 1. The van der Waals surface area contributed by atoms with Gasteiger partial charge in [0.1, 0.15) is 5.75 Å². The number of aromatic nitrogens is 2. The van der Waals surface area contributed by atoms with Crippen LogP contribution in [0.1, 0.15) is 12.6 Å². The highest BCUT2D eigenvalue weighted by Gasteiger charge is 2.08. The summed E-state index contributed by atoms with van der Waals surface area (Å²) in [5, 5.41) is 7.78. The zero-order chi connectivity index (χ0) is 10.1. The Hall–Kier alpha value is -1.84. The van der Waals surface area contributed by atoms with Gasteiger partial charge in [0.2, 0.25) is 0 Å². The minimum Gasteiger partial charge on any atom is -0.426 e. The van der Waals surface area contributed by atoms with Crippen molar-refractivity contribution in [3.8, 4) is 5.75 Å². The first-order valence-electron chi connectivity index (χ1n) is 4.30. The predicted molar refractivity (Wildman–Crippen MR) is 52.1 cm³/mol. The van der Waals surface area contributed by atoms with Gasteiger partial charge >= 0.3 is 5.97 Å². The molecule has 0 radical (unpaired) electrons. The molecule has 1 N–H and O–H groups in total. The summed E-state index contributed by atoms with van der Waals surface area (Å²) < 4.78 is 5.07. The lowest BCUT2D eigenvalue weighted by Crippen LogP contribution is -2.01. The fraction of sp³-hybridized carbons (Fsp3) is 0.200. The summed E-state index contributed by atoms with van der Waals surface area (Å²) >= 11 is 0. The number of aromatic amines is 1. The average Bonchev–Trinajstić information content (AvgIpc) is 2.48. The van der Waals surface area contributed by atoms with Gasteiger partial charge < -0.3 is 4.74 Å². The van der Waals surface area contributed by atoms with Crippen LogP contribution in [-0.2, 0) is 4.79 Å². The molecule has 0 saturated heterocycles. The maximum absolute atomic E-state index is 10.8. The van der Waals surface area contributed by atoms with E-state index in [4.69, 9.17) is 4.74 Å². The number of esters is 1. The van der Waals surface area contributed by atoms with Crippen molar-refractivity contribution in [2.75, 3.05) is 0 Å². The smallest absolute Gasteiger partial charge is 0.308 e. The van der Waals surface area contributed by atoms with Crippen LogP contribution in [-0.4, -0.2) is 16.2 Å². The number of hydrogen-bond acceptors (Lipinski definition) is 3. The Morgan fingerprint density at radius 1 is 1.50 bits per heavy atom. The Kier molecular flexibility index (Phi) is 1.96. The van der Waals surface area contributed by atoms with E-state index in [1.54, 1.807) is 12.1 Å². The summed E-state index contributed by atoms with van der Waals surface area (Å²) in [6.07, 6.45) is 0. The van der Waals surface area contributed by atoms with Crippen LogP contribution in [0.25, 0.3) is 10.9 Å². The van der Waals surface area contributed by atoms with Crippen molar-refractivity contribution < 1.29 is 9.53 Å². The Labute approximate surface area is 80.9 Å². The number of H-pyrrole nitrogens is 1. The molecule has 0 unspecified atom stereocenters. The molecule has 0 aliphatic rings. The first kappa shape index (κ1) is 8.74. The lowest BCUT2D eigenvalue weighted by atomic mass is 10.2. The number of carbonyl (C=O) groups is 1. The fourth-order valence-electron chi connectivity index (χ4n) is 1.43. The van der Waals surface area contributed by atoms with Crippen molar-refractivity contribution in [1.82, 2.24) is 10.2 Å². The Morgan fingerprint density at radius 2 is 2.29 bits per heavy atom. The lowest BCUT2D eigenvalue weighted by Gasteiger charge is -2.02. The molecule has 0 saturated carbocycles. The predicted octanol–water partition coefficient (Wildman–Crippen LogP) is 1.80. The molecule has 2 rings (SSSR count). The van der Waals surface area contributed by atoms with E-state index in [9.17, 15) is 4.79 Å². The van der Waals surface area contributed by atoms with Crippen molar-refractivity contribution in [3.05, 3.63) is 23.9 Å². The second kappa shape index (κ2) is 3.14. The average molecular weight is 190 g/mol. The van der Waals surface area contributed by atoms with Gasteiger partial charge in [-0.3, -0.25) is 9.89 Å². The molecule has 4 heteroatoms. The van der Waals surface area contributed by atoms with E-state index < -0.39 is 0 Å². The summed E-state index contributed by atoms with van der Waals surface area (Å²) in [5.74, 6) is 0.236. The number of fused-ring (bicyclic) bond motifs is 1. The topological polar surface area (TPSA) is 55.0 Å². The van der Waals surface area contributed by atoms with Gasteiger partial charge in [0, 0.05) is 12.6 Å². The number of rotatable bonds is 1. The zero-order valence-corrected chi connectivity index (χ0v) is 8.00. The van der Waals surface area contributed by atoms with E-state index >= 15 is 0 Å². The quantitative estimate of drug-likeness (QED) is 0.551. The molecule has 72 valence electrons. The van der Waals surface area contributed by atoms with Crippen molar-refractivity contribution in [2.45, 2.75) is 13.8 Å². The number of benzene rings is 1. The van der Waals surface area contributed by atoms with Gasteiger partial charge in [-0.05, 0) is 19.1 Å². The van der Waals surface area contributed by atoms with E-state index in [0.29, 0.717) is 5.75 Å². The van der Waals surface area contributed by atoms with E-state index in [-0.39, 0.29) is 5.97 Å². The molecule has 2 aromatic rings. The summed E-state index contributed by atoms with van der Waals surface area (Å²) in [6.45, 7) is 3.27. The number of aryl methyl sites for hydroxylation is 1. The van der Waals surface area contributed by atoms with Gasteiger partial charge in [0.15, 0.2) is 0 Å². The monoisotopic (exact) mass is 190 g/mol. The highest BCUT2D eigenvalue weighted by molar-refractivity contribution is 5.89. The Balaban J connectivity index is 2.63. The number of nitrogens with zero attached hydrogens (tertiary/aromatic N) is 1. The van der Waals surface area contributed by atoms with Crippen LogP contribution in [0.15, 0.2) is 18.2 Å². The molecule has 0 amide bonds. The highest BCUT2D eigenvalue weighted by atomic mass is 16.5. The third-order valence-corrected chi connectivity index (χ3v) is 1.98. The van der Waals surface area contributed by atoms with Gasteiger partial charge in [-0.1, -0.05) is 6.07 Å². The van der Waals surface area contributed by atoms with Crippen LogP contribution >= 0.6 is 0 Å². The normalized spacial score (nSPS) is 10.4. The number of carbonyl (C=O) groups excluding carboxylic acids is 1. The molecule has 14 heavy (non-hydrogen) atoms. The van der Waals surface area contributed by atoms with E-state index in [2.05, 4.69) is 10.2 Å². The fourth-order valence-corrected chi connectivity index (χ4v) is 1.43. The Bertz CT molecular complexity index is 488. The Morgan fingerprint density at radius 3 is 3.00 bits per heavy atom. The molecule has 0 fully saturated rings. The molecule has 4 nitrogen and oxygen atoms in total. The minimum atomic E-state index is -0.321. The third kappa shape index (κ3) is 1.35. The third-order valence-electron chi connectivity index (χ3n) is 1.98. The highest BCUT2D eigenvalue weighted by Crippen LogP contribution is 2.26. The maximum Gasteiger partial charge on any atom is 0.308 e. The minimum absolute atomic E-state index is 0.321. The first-order chi connectivity index (χ1) is 6.68. The van der Waals surface area contributed by atoms with Crippen LogP contribution in [0.4, 0.5) is 0 Å². The van der Waals surface area contributed by atoms with Crippen LogP contribution in [0.2, 0.25) is 0 Å². The molecule has 0 aliphatic carbocycles. The van der Waals surface area contributed by atoms with Crippen LogP contribution < -0.4 is 4.74 Å². The first-order valence-corrected chi connectivity index (χ1v) is 4.30. The van der Waals surface area contributed by atoms with Gasteiger partial charge in [-0.2, -0.15) is 5.10 Å². The van der Waals surface area contributed by atoms with Gasteiger partial charge in [-0.15, -0.1) is 0 Å². The summed E-state index contributed by atoms with van der Waals surface area (Å²) in [6, 6.07) is 5.43. The molecule has 0 atom stereocenters. The standard InChI is InChI=1S/C10H10N2O2/c1-6-10-8(12-11-6)4-3-5-9(10)14-7(2)13/h3-5H,1-2H3,(H,11,12). The van der Waals surface area contributed by atoms with Crippen molar-refractivity contribution in [3.63, 3.8) is 0 Å². The molecular weight excluding hydrogens is 180 g/mol. The van der Waals surface area contributed by atoms with Gasteiger partial charge in [0.05, 0.1) is 10.9 Å². The molecular formula is C10H10N2O2. The molecule has 1 aromatic heterocycles. The molecule has 1 heterocycles. The molecule has 0 bridgehead atoms. The molecule has 0 aliphatic heterocycles. The second-order valence-corrected chi connectivity index (χ2v) is 3.09. The van der Waals surface area contributed by atoms with E-state index in [0.717, 1.165) is 16.6 Å². The number of hydrogen-bond donors (Lipinski definition) is 1. The van der Waals surface area contributed by atoms with Crippen molar-refractivity contribution in [2.24, 2.45) is 0 Å². The SMILES string of the molecule is CC(=O)Oc1cccc2n[nH]c(C)c12. The van der Waals surface area contributed by atoms with Crippen molar-refractivity contribution in [1.29, 1.82) is 0 Å². The second-order valence-electron chi connectivity index (χ2n) is 3.09. The van der Waals surface area contributed by atoms with Crippen LogP contribution in [0, 0.1) is 6.92 Å². The lowest BCUT2D eigenvalue weighted by molar-refractivity contribution is -0.131. The van der Waals surface area contributed by atoms with E-state index in [1.807, 2.05) is 13.0 Å². The summed E-state index contributed by atoms with van der Waals surface area (Å²) in [5.41, 5.74) is 1.71. The van der Waals surface area contributed by atoms with Crippen LogP contribution in [0.5, 0.6) is 5.75 Å². The number of ether oxygens (including phenoxy) is 1. The molecule has 0 spiro atoms. The van der Waals surface area contributed by atoms with Crippen LogP contribution in [0.3, 0.4) is 0 Å². The van der Waals surface area contributed by atoms with Gasteiger partial charge in [-0.25, -0.2) is 0 Å². The largest absolute Gasteiger partial charge is 0.426 e.